The van der Waals surface area contributed by atoms with Crippen LogP contribution in [0, 0.1) is 0 Å². The molecule has 120 valence electrons. The van der Waals surface area contributed by atoms with Gasteiger partial charge < -0.3 is 9.84 Å². The second-order valence-corrected chi connectivity index (χ2v) is 5.97. The summed E-state index contributed by atoms with van der Waals surface area (Å²) >= 11 is 0. The second-order valence-electron chi connectivity index (χ2n) is 5.97. The highest BCUT2D eigenvalue weighted by atomic mass is 16.5. The molecular weight excluding hydrogens is 256 g/mol. The number of aliphatic carboxylic acids is 1. The van der Waals surface area contributed by atoms with Gasteiger partial charge in [-0.15, -0.1) is 0 Å². The number of carboxylic acids is 1. The van der Waals surface area contributed by atoms with Gasteiger partial charge in [0.2, 0.25) is 0 Å². The Bertz CT molecular complexity index is 284. The quantitative estimate of drug-likeness (QED) is 0.608. The fourth-order valence-corrected chi connectivity index (χ4v) is 2.55. The Morgan fingerprint density at radius 2 is 2.00 bits per heavy atom. The smallest absolute Gasteiger partial charge is 0.323 e. The summed E-state index contributed by atoms with van der Waals surface area (Å²) < 4.78 is 5.18. The summed E-state index contributed by atoms with van der Waals surface area (Å²) in [5.41, 5.74) is -0.849. The molecule has 20 heavy (non-hydrogen) atoms. The number of carboxylic acid groups (broad SMARTS) is 1. The molecule has 0 aromatic carbocycles. The van der Waals surface area contributed by atoms with Crippen molar-refractivity contribution in [2.45, 2.75) is 65.1 Å². The molecule has 0 aliphatic heterocycles. The number of methoxy groups -OCH3 is 1. The molecule has 0 rings (SSSR count). The van der Waals surface area contributed by atoms with Crippen molar-refractivity contribution < 1.29 is 14.6 Å². The highest BCUT2D eigenvalue weighted by Crippen LogP contribution is 2.15. The first kappa shape index (κ1) is 19.4. The maximum atomic E-state index is 11.4. The molecule has 0 saturated carbocycles. The lowest BCUT2D eigenvalue weighted by atomic mass is 9.94. The SMILES string of the molecule is CCN(CCCC(C)(NC(C)C)C(=O)O)C(C)COC. The molecule has 0 saturated heterocycles. The fraction of sp³-hybridized carbons (Fsp3) is 0.933. The van der Waals surface area contributed by atoms with Crippen LogP contribution < -0.4 is 5.32 Å². The summed E-state index contributed by atoms with van der Waals surface area (Å²) in [5, 5.41) is 12.6. The van der Waals surface area contributed by atoms with E-state index >= 15 is 0 Å². The lowest BCUT2D eigenvalue weighted by Gasteiger charge is -2.31. The lowest BCUT2D eigenvalue weighted by molar-refractivity contribution is -0.144. The Morgan fingerprint density at radius 3 is 2.40 bits per heavy atom. The van der Waals surface area contributed by atoms with Crippen LogP contribution in [-0.4, -0.2) is 60.4 Å². The lowest BCUT2D eigenvalue weighted by Crippen LogP contribution is -2.52. The molecule has 0 heterocycles. The van der Waals surface area contributed by atoms with E-state index in [-0.39, 0.29) is 6.04 Å². The molecule has 5 nitrogen and oxygen atoms in total. The Kier molecular flexibility index (Phi) is 9.01. The van der Waals surface area contributed by atoms with Crippen molar-refractivity contribution in [1.29, 1.82) is 0 Å². The van der Waals surface area contributed by atoms with Crippen molar-refractivity contribution in [3.63, 3.8) is 0 Å². The molecule has 0 aromatic rings. The van der Waals surface area contributed by atoms with Crippen LogP contribution in [0.5, 0.6) is 0 Å². The molecule has 0 aliphatic carbocycles. The molecule has 0 radical (unpaired) electrons. The van der Waals surface area contributed by atoms with Gasteiger partial charge in [0.05, 0.1) is 6.61 Å². The molecule has 5 heteroatoms. The Labute approximate surface area is 123 Å². The minimum absolute atomic E-state index is 0.158. The summed E-state index contributed by atoms with van der Waals surface area (Å²) in [4.78, 5) is 13.8. The van der Waals surface area contributed by atoms with Crippen LogP contribution in [0.2, 0.25) is 0 Å². The third-order valence-corrected chi connectivity index (χ3v) is 3.64. The Hall–Kier alpha value is -0.650. The van der Waals surface area contributed by atoms with Crippen molar-refractivity contribution in [3.8, 4) is 0 Å². The van der Waals surface area contributed by atoms with E-state index in [2.05, 4.69) is 24.1 Å². The van der Waals surface area contributed by atoms with E-state index in [4.69, 9.17) is 4.74 Å². The minimum Gasteiger partial charge on any atom is -0.480 e. The molecule has 0 bridgehead atoms. The molecule has 0 spiro atoms. The maximum absolute atomic E-state index is 11.4. The van der Waals surface area contributed by atoms with Crippen LogP contribution >= 0.6 is 0 Å². The van der Waals surface area contributed by atoms with E-state index in [1.165, 1.54) is 0 Å². The van der Waals surface area contributed by atoms with Crippen molar-refractivity contribution in [2.24, 2.45) is 0 Å². The van der Waals surface area contributed by atoms with Gasteiger partial charge in [0.15, 0.2) is 0 Å². The van der Waals surface area contributed by atoms with Crippen molar-refractivity contribution in [3.05, 3.63) is 0 Å². The van der Waals surface area contributed by atoms with Gasteiger partial charge in [-0.1, -0.05) is 6.92 Å². The first-order valence-corrected chi connectivity index (χ1v) is 7.50. The van der Waals surface area contributed by atoms with Crippen LogP contribution in [-0.2, 0) is 9.53 Å². The fourth-order valence-electron chi connectivity index (χ4n) is 2.55. The third-order valence-electron chi connectivity index (χ3n) is 3.64. The van der Waals surface area contributed by atoms with Gasteiger partial charge in [-0.25, -0.2) is 0 Å². The Morgan fingerprint density at radius 1 is 1.40 bits per heavy atom. The van der Waals surface area contributed by atoms with Gasteiger partial charge in [-0.2, -0.15) is 0 Å². The number of nitrogens with zero attached hydrogens (tertiary/aromatic N) is 1. The third kappa shape index (κ3) is 6.68. The maximum Gasteiger partial charge on any atom is 0.323 e. The predicted octanol–water partition coefficient (Wildman–Crippen LogP) is 1.96. The van der Waals surface area contributed by atoms with E-state index in [0.29, 0.717) is 19.1 Å². The Balaban J connectivity index is 4.38. The number of rotatable bonds is 11. The predicted molar refractivity (Wildman–Crippen MR) is 82.1 cm³/mol. The average molecular weight is 288 g/mol. The van der Waals surface area contributed by atoms with Crippen molar-refractivity contribution in [2.75, 3.05) is 26.8 Å². The van der Waals surface area contributed by atoms with Crippen LogP contribution in [0.25, 0.3) is 0 Å². The number of likely N-dealkylation sites (N-methyl/N-ethyl adjacent to an activating group) is 1. The normalized spacial score (nSPS) is 16.4. The molecule has 2 atom stereocenters. The molecule has 0 aliphatic rings. The van der Waals surface area contributed by atoms with Crippen LogP contribution in [0.4, 0.5) is 0 Å². The van der Waals surface area contributed by atoms with Crippen molar-refractivity contribution >= 4 is 5.97 Å². The molecule has 2 unspecified atom stereocenters. The summed E-state index contributed by atoms with van der Waals surface area (Å²) in [7, 11) is 1.71. The zero-order valence-electron chi connectivity index (χ0n) is 13.9. The van der Waals surface area contributed by atoms with Crippen LogP contribution in [0.3, 0.4) is 0 Å². The van der Waals surface area contributed by atoms with Crippen LogP contribution in [0.1, 0.15) is 47.5 Å². The first-order chi connectivity index (χ1) is 9.26. The zero-order chi connectivity index (χ0) is 15.8. The summed E-state index contributed by atoms with van der Waals surface area (Å²) in [5.74, 6) is -0.779. The highest BCUT2D eigenvalue weighted by Gasteiger charge is 2.33. The highest BCUT2D eigenvalue weighted by molar-refractivity contribution is 5.78. The van der Waals surface area contributed by atoms with Gasteiger partial charge in [0.1, 0.15) is 5.54 Å². The molecule has 0 aromatic heterocycles. The summed E-state index contributed by atoms with van der Waals surface area (Å²) in [6.45, 7) is 12.5. The largest absolute Gasteiger partial charge is 0.480 e. The van der Waals surface area contributed by atoms with E-state index in [1.807, 2.05) is 13.8 Å². The standard InChI is InChI=1S/C15H32N2O3/c1-7-17(13(4)11-20-6)10-8-9-15(5,14(18)19)16-12(2)3/h12-13,16H,7-11H2,1-6H3,(H,18,19). The number of carbonyl (C=O) groups is 1. The van der Waals surface area contributed by atoms with Gasteiger partial charge in [0.25, 0.3) is 0 Å². The molecule has 0 fully saturated rings. The zero-order valence-corrected chi connectivity index (χ0v) is 13.9. The van der Waals surface area contributed by atoms with Gasteiger partial charge in [-0.05, 0) is 53.6 Å². The van der Waals surface area contributed by atoms with Crippen LogP contribution in [0.15, 0.2) is 0 Å². The molecule has 2 N–H and O–H groups in total. The summed E-state index contributed by atoms with van der Waals surface area (Å²) in [6.07, 6.45) is 1.47. The van der Waals surface area contributed by atoms with E-state index in [0.717, 1.165) is 19.5 Å². The van der Waals surface area contributed by atoms with Crippen molar-refractivity contribution in [1.82, 2.24) is 10.2 Å². The topological polar surface area (TPSA) is 61.8 Å². The monoisotopic (exact) mass is 288 g/mol. The average Bonchev–Trinajstić information content (AvgIpc) is 2.33. The number of hydrogen-bond donors (Lipinski definition) is 2. The van der Waals surface area contributed by atoms with E-state index < -0.39 is 11.5 Å². The second kappa shape index (κ2) is 9.32. The number of nitrogens with one attached hydrogen (secondary N) is 1. The summed E-state index contributed by atoms with van der Waals surface area (Å²) in [6, 6.07) is 0.518. The first-order valence-electron chi connectivity index (χ1n) is 7.50. The molecule has 0 amide bonds. The van der Waals surface area contributed by atoms with E-state index in [9.17, 15) is 9.90 Å². The number of ether oxygens (including phenoxy) is 1. The van der Waals surface area contributed by atoms with Gasteiger partial charge in [0, 0.05) is 19.2 Å². The van der Waals surface area contributed by atoms with Gasteiger partial charge >= 0.3 is 5.97 Å². The molecular formula is C15H32N2O3. The minimum atomic E-state index is -0.849. The van der Waals surface area contributed by atoms with E-state index in [1.54, 1.807) is 14.0 Å². The number of hydrogen-bond acceptors (Lipinski definition) is 4. The van der Waals surface area contributed by atoms with Gasteiger partial charge in [-0.3, -0.25) is 15.0 Å².